The Bertz CT molecular complexity index is 387. The van der Waals surface area contributed by atoms with Crippen molar-refractivity contribution in [2.24, 2.45) is 11.5 Å². The van der Waals surface area contributed by atoms with Crippen LogP contribution in [0.25, 0.3) is 0 Å². The standard InChI is InChI=1S/C11H13N3O/c12-7-1-2-9-3-5-10(6-4-9)8-14-11(13)15/h3-6H,7-8,12H2,(H3,13,14,15). The lowest BCUT2D eigenvalue weighted by Gasteiger charge is -2.01. The maximum atomic E-state index is 10.5. The zero-order valence-corrected chi connectivity index (χ0v) is 8.29. The van der Waals surface area contributed by atoms with Crippen LogP contribution in [0.2, 0.25) is 0 Å². The van der Waals surface area contributed by atoms with Crippen LogP contribution in [-0.2, 0) is 6.54 Å². The van der Waals surface area contributed by atoms with E-state index in [1.807, 2.05) is 24.3 Å². The predicted molar refractivity (Wildman–Crippen MR) is 58.8 cm³/mol. The summed E-state index contributed by atoms with van der Waals surface area (Å²) in [6.45, 7) is 0.783. The van der Waals surface area contributed by atoms with Crippen LogP contribution in [0.15, 0.2) is 24.3 Å². The van der Waals surface area contributed by atoms with Gasteiger partial charge in [0.05, 0.1) is 6.54 Å². The van der Waals surface area contributed by atoms with Crippen LogP contribution < -0.4 is 16.8 Å². The Morgan fingerprint density at radius 2 is 2.00 bits per heavy atom. The van der Waals surface area contributed by atoms with E-state index in [2.05, 4.69) is 17.2 Å². The van der Waals surface area contributed by atoms with Crippen LogP contribution in [0.4, 0.5) is 4.79 Å². The summed E-state index contributed by atoms with van der Waals surface area (Å²) >= 11 is 0. The molecule has 5 N–H and O–H groups in total. The number of rotatable bonds is 2. The third kappa shape index (κ3) is 4.16. The van der Waals surface area contributed by atoms with Gasteiger partial charge in [-0.25, -0.2) is 4.79 Å². The SMILES string of the molecule is NCC#Cc1ccc(CNC(N)=O)cc1. The second-order valence-corrected chi connectivity index (χ2v) is 2.92. The van der Waals surface area contributed by atoms with Gasteiger partial charge in [-0.3, -0.25) is 0 Å². The number of hydrogen-bond donors (Lipinski definition) is 3. The van der Waals surface area contributed by atoms with E-state index in [-0.39, 0.29) is 0 Å². The summed E-state index contributed by atoms with van der Waals surface area (Å²) in [7, 11) is 0. The van der Waals surface area contributed by atoms with Crippen molar-refractivity contribution in [3.05, 3.63) is 35.4 Å². The predicted octanol–water partition coefficient (Wildman–Crippen LogP) is 0.165. The molecule has 0 atom stereocenters. The van der Waals surface area contributed by atoms with Crippen molar-refractivity contribution in [2.75, 3.05) is 6.54 Å². The Hall–Kier alpha value is -1.99. The molecule has 0 spiro atoms. The largest absolute Gasteiger partial charge is 0.352 e. The van der Waals surface area contributed by atoms with Crippen molar-refractivity contribution in [1.82, 2.24) is 5.32 Å². The van der Waals surface area contributed by atoms with Crippen LogP contribution in [0.1, 0.15) is 11.1 Å². The van der Waals surface area contributed by atoms with Crippen LogP contribution >= 0.6 is 0 Å². The summed E-state index contributed by atoms with van der Waals surface area (Å²) in [5, 5.41) is 2.51. The molecule has 78 valence electrons. The Balaban J connectivity index is 2.60. The van der Waals surface area contributed by atoms with Gasteiger partial charge in [-0.2, -0.15) is 0 Å². The number of nitrogens with two attached hydrogens (primary N) is 2. The zero-order chi connectivity index (χ0) is 11.1. The minimum atomic E-state index is -0.526. The fourth-order valence-electron chi connectivity index (χ4n) is 1.05. The summed E-state index contributed by atoms with van der Waals surface area (Å²) in [6.07, 6.45) is 0. The molecular weight excluding hydrogens is 190 g/mol. The minimum absolute atomic E-state index is 0.352. The molecule has 0 aliphatic rings. The van der Waals surface area contributed by atoms with E-state index in [9.17, 15) is 4.79 Å². The lowest BCUT2D eigenvalue weighted by molar-refractivity contribution is 0.248. The van der Waals surface area contributed by atoms with Crippen LogP contribution in [0.5, 0.6) is 0 Å². The van der Waals surface area contributed by atoms with Gasteiger partial charge < -0.3 is 16.8 Å². The highest BCUT2D eigenvalue weighted by Crippen LogP contribution is 2.02. The molecule has 1 aromatic rings. The molecule has 0 radical (unpaired) electrons. The molecule has 0 heterocycles. The van der Waals surface area contributed by atoms with Gasteiger partial charge in [-0.05, 0) is 17.7 Å². The number of carbonyl (C=O) groups is 1. The third-order valence-electron chi connectivity index (χ3n) is 1.76. The molecule has 0 aliphatic heterocycles. The zero-order valence-electron chi connectivity index (χ0n) is 8.29. The van der Waals surface area contributed by atoms with E-state index in [4.69, 9.17) is 11.5 Å². The van der Waals surface area contributed by atoms with Crippen molar-refractivity contribution in [3.63, 3.8) is 0 Å². The monoisotopic (exact) mass is 203 g/mol. The first-order chi connectivity index (χ1) is 7.22. The van der Waals surface area contributed by atoms with E-state index in [1.165, 1.54) is 0 Å². The Kier molecular flexibility index (Phi) is 4.20. The minimum Gasteiger partial charge on any atom is -0.352 e. The maximum Gasteiger partial charge on any atom is 0.312 e. The van der Waals surface area contributed by atoms with Crippen LogP contribution in [0, 0.1) is 11.8 Å². The van der Waals surface area contributed by atoms with Gasteiger partial charge in [0.1, 0.15) is 0 Å². The van der Waals surface area contributed by atoms with Crippen molar-refractivity contribution in [2.45, 2.75) is 6.54 Å². The van der Waals surface area contributed by atoms with Gasteiger partial charge in [0.25, 0.3) is 0 Å². The van der Waals surface area contributed by atoms with E-state index >= 15 is 0 Å². The smallest absolute Gasteiger partial charge is 0.312 e. The fourth-order valence-corrected chi connectivity index (χ4v) is 1.05. The molecule has 4 nitrogen and oxygen atoms in total. The second-order valence-electron chi connectivity index (χ2n) is 2.92. The molecule has 0 saturated heterocycles. The molecule has 0 aliphatic carbocycles. The Labute approximate surface area is 88.6 Å². The van der Waals surface area contributed by atoms with Crippen LogP contribution in [-0.4, -0.2) is 12.6 Å². The number of urea groups is 1. The topological polar surface area (TPSA) is 81.1 Å². The van der Waals surface area contributed by atoms with Crippen LogP contribution in [0.3, 0.4) is 0 Å². The second kappa shape index (κ2) is 5.68. The highest BCUT2D eigenvalue weighted by molar-refractivity contribution is 5.71. The molecule has 0 bridgehead atoms. The van der Waals surface area contributed by atoms with Gasteiger partial charge in [-0.1, -0.05) is 24.0 Å². The Morgan fingerprint density at radius 3 is 2.53 bits per heavy atom. The lowest BCUT2D eigenvalue weighted by Crippen LogP contribution is -2.28. The van der Waals surface area contributed by atoms with Gasteiger partial charge in [-0.15, -0.1) is 0 Å². The summed E-state index contributed by atoms with van der Waals surface area (Å²) in [5.74, 6) is 5.67. The summed E-state index contributed by atoms with van der Waals surface area (Å²) in [5.41, 5.74) is 12.1. The molecular formula is C11H13N3O. The van der Waals surface area contributed by atoms with Crippen molar-refractivity contribution in [1.29, 1.82) is 0 Å². The van der Waals surface area contributed by atoms with Gasteiger partial charge in [0.15, 0.2) is 0 Å². The molecule has 0 unspecified atom stereocenters. The molecule has 1 aromatic carbocycles. The molecule has 0 fully saturated rings. The van der Waals surface area contributed by atoms with Gasteiger partial charge in [0.2, 0.25) is 0 Å². The highest BCUT2D eigenvalue weighted by atomic mass is 16.2. The van der Waals surface area contributed by atoms with E-state index in [0.29, 0.717) is 13.1 Å². The van der Waals surface area contributed by atoms with Crippen molar-refractivity contribution in [3.8, 4) is 11.8 Å². The number of carbonyl (C=O) groups excluding carboxylic acids is 1. The molecule has 15 heavy (non-hydrogen) atoms. The number of primary amides is 1. The van der Waals surface area contributed by atoms with Gasteiger partial charge >= 0.3 is 6.03 Å². The maximum absolute atomic E-state index is 10.5. The average Bonchev–Trinajstić information content (AvgIpc) is 2.25. The van der Waals surface area contributed by atoms with E-state index in [1.54, 1.807) is 0 Å². The lowest BCUT2D eigenvalue weighted by atomic mass is 10.1. The normalized spacial score (nSPS) is 8.87. The first-order valence-electron chi connectivity index (χ1n) is 4.53. The highest BCUT2D eigenvalue weighted by Gasteiger charge is 1.94. The Morgan fingerprint density at radius 1 is 1.33 bits per heavy atom. The van der Waals surface area contributed by atoms with Crippen molar-refractivity contribution < 1.29 is 4.79 Å². The molecule has 0 aromatic heterocycles. The quantitative estimate of drug-likeness (QED) is 0.599. The van der Waals surface area contributed by atoms with E-state index in [0.717, 1.165) is 11.1 Å². The first-order valence-corrected chi connectivity index (χ1v) is 4.53. The number of hydrogen-bond acceptors (Lipinski definition) is 2. The van der Waals surface area contributed by atoms with Crippen molar-refractivity contribution >= 4 is 6.03 Å². The fraction of sp³-hybridized carbons (Fsp3) is 0.182. The number of amides is 2. The van der Waals surface area contributed by atoms with Gasteiger partial charge in [0, 0.05) is 12.1 Å². The molecule has 4 heteroatoms. The summed E-state index contributed by atoms with van der Waals surface area (Å²) < 4.78 is 0. The molecule has 2 amide bonds. The number of nitrogens with one attached hydrogen (secondary N) is 1. The molecule has 1 rings (SSSR count). The van der Waals surface area contributed by atoms with E-state index < -0.39 is 6.03 Å². The third-order valence-corrected chi connectivity index (χ3v) is 1.76. The molecule has 0 saturated carbocycles. The first kappa shape index (κ1) is 11.1. The summed E-state index contributed by atoms with van der Waals surface area (Å²) in [6, 6.07) is 7.00. The summed E-state index contributed by atoms with van der Waals surface area (Å²) in [4.78, 5) is 10.5. The average molecular weight is 203 g/mol. The number of benzene rings is 1.